The number of para-hydroxylation sites is 1. The predicted octanol–water partition coefficient (Wildman–Crippen LogP) is 4.79. The monoisotopic (exact) mass is 436 g/mol. The first-order valence-corrected chi connectivity index (χ1v) is 10.1. The highest BCUT2D eigenvalue weighted by atomic mass is 16.6. The van der Waals surface area contributed by atoms with Gasteiger partial charge in [0.2, 0.25) is 5.90 Å². The second kappa shape index (κ2) is 8.35. The number of nitro groups is 1. The Morgan fingerprint density at radius 2 is 1.61 bits per heavy atom. The van der Waals surface area contributed by atoms with E-state index in [1.54, 1.807) is 41.2 Å². The summed E-state index contributed by atoms with van der Waals surface area (Å²) in [7, 11) is 0. The number of rotatable bonds is 5. The second-order valence-electron chi connectivity index (χ2n) is 7.22. The fraction of sp³-hybridized carbons (Fsp3) is 0. The van der Waals surface area contributed by atoms with E-state index in [2.05, 4.69) is 10.1 Å². The van der Waals surface area contributed by atoms with Gasteiger partial charge in [0.15, 0.2) is 5.70 Å². The van der Waals surface area contributed by atoms with Gasteiger partial charge >= 0.3 is 5.97 Å². The third-order valence-corrected chi connectivity index (χ3v) is 5.03. The number of nitrogens with zero attached hydrogens (tertiary/aromatic N) is 4. The van der Waals surface area contributed by atoms with E-state index in [0.29, 0.717) is 22.4 Å². The molecule has 0 amide bonds. The number of aromatic nitrogens is 2. The van der Waals surface area contributed by atoms with Crippen molar-refractivity contribution in [2.24, 2.45) is 4.99 Å². The van der Waals surface area contributed by atoms with E-state index in [0.717, 1.165) is 5.69 Å². The zero-order valence-electron chi connectivity index (χ0n) is 17.2. The third kappa shape index (κ3) is 4.05. The first-order chi connectivity index (χ1) is 16.1. The molecule has 8 heteroatoms. The summed E-state index contributed by atoms with van der Waals surface area (Å²) < 4.78 is 7.00. The quantitative estimate of drug-likeness (QED) is 0.194. The van der Waals surface area contributed by atoms with Crippen molar-refractivity contribution in [3.05, 3.63) is 118 Å². The molecule has 0 saturated carbocycles. The summed E-state index contributed by atoms with van der Waals surface area (Å²) in [5.41, 5.74) is 3.16. The van der Waals surface area contributed by atoms with Gasteiger partial charge in [-0.3, -0.25) is 10.1 Å². The van der Waals surface area contributed by atoms with Crippen molar-refractivity contribution in [2.75, 3.05) is 0 Å². The highest BCUT2D eigenvalue weighted by Crippen LogP contribution is 2.29. The summed E-state index contributed by atoms with van der Waals surface area (Å²) in [5.74, 6) is -0.356. The highest BCUT2D eigenvalue weighted by Gasteiger charge is 2.25. The maximum Gasteiger partial charge on any atom is 0.363 e. The summed E-state index contributed by atoms with van der Waals surface area (Å²) >= 11 is 0. The molecular formula is C25H16N4O4. The molecule has 2 heterocycles. The molecule has 1 aliphatic heterocycles. The van der Waals surface area contributed by atoms with Crippen molar-refractivity contribution in [1.29, 1.82) is 0 Å². The summed E-state index contributed by atoms with van der Waals surface area (Å²) in [6.45, 7) is 0. The molecule has 3 aromatic carbocycles. The Morgan fingerprint density at radius 3 is 2.33 bits per heavy atom. The molecule has 33 heavy (non-hydrogen) atoms. The van der Waals surface area contributed by atoms with Crippen LogP contribution in [0.25, 0.3) is 23.0 Å². The van der Waals surface area contributed by atoms with Crippen molar-refractivity contribution in [3.8, 4) is 16.9 Å². The van der Waals surface area contributed by atoms with E-state index in [1.807, 2.05) is 48.5 Å². The van der Waals surface area contributed by atoms with Crippen LogP contribution in [0.2, 0.25) is 0 Å². The largest absolute Gasteiger partial charge is 0.402 e. The summed E-state index contributed by atoms with van der Waals surface area (Å²) in [6.07, 6.45) is 3.33. The molecule has 0 spiro atoms. The lowest BCUT2D eigenvalue weighted by molar-refractivity contribution is -0.384. The second-order valence-corrected chi connectivity index (χ2v) is 7.22. The predicted molar refractivity (Wildman–Crippen MR) is 123 cm³/mol. The van der Waals surface area contributed by atoms with Crippen molar-refractivity contribution in [3.63, 3.8) is 0 Å². The van der Waals surface area contributed by atoms with Crippen molar-refractivity contribution >= 4 is 23.6 Å². The van der Waals surface area contributed by atoms with Crippen LogP contribution in [-0.2, 0) is 9.53 Å². The summed E-state index contributed by atoms with van der Waals surface area (Å²) in [4.78, 5) is 27.7. The minimum Gasteiger partial charge on any atom is -0.402 e. The molecule has 0 saturated heterocycles. The SMILES string of the molecule is O=C1OC(c2ccccc2)=NC1=Cc1cn(-c2ccccc2)nc1-c1cccc([N+](=O)[O-])c1. The molecular weight excluding hydrogens is 420 g/mol. The highest BCUT2D eigenvalue weighted by molar-refractivity contribution is 6.13. The first kappa shape index (κ1) is 20.1. The number of non-ortho nitro benzene ring substituents is 1. The van der Waals surface area contributed by atoms with Crippen LogP contribution >= 0.6 is 0 Å². The molecule has 0 fully saturated rings. The Labute approximate surface area is 188 Å². The zero-order valence-corrected chi connectivity index (χ0v) is 17.2. The third-order valence-electron chi connectivity index (χ3n) is 5.03. The molecule has 0 bridgehead atoms. The number of benzene rings is 3. The van der Waals surface area contributed by atoms with Crippen molar-refractivity contribution in [2.45, 2.75) is 0 Å². The van der Waals surface area contributed by atoms with Crippen LogP contribution in [0.3, 0.4) is 0 Å². The molecule has 4 aromatic rings. The Kier molecular flexibility index (Phi) is 5.08. The van der Waals surface area contributed by atoms with E-state index in [9.17, 15) is 14.9 Å². The number of hydrogen-bond acceptors (Lipinski definition) is 6. The maximum absolute atomic E-state index is 12.5. The van der Waals surface area contributed by atoms with Gasteiger partial charge in [0.05, 0.1) is 10.6 Å². The molecule has 0 radical (unpaired) electrons. The van der Waals surface area contributed by atoms with Gasteiger partial charge in [0.25, 0.3) is 5.69 Å². The van der Waals surface area contributed by atoms with Crippen LogP contribution in [0.5, 0.6) is 0 Å². The Hall–Kier alpha value is -4.85. The normalized spacial score (nSPS) is 14.2. The molecule has 5 rings (SSSR count). The first-order valence-electron chi connectivity index (χ1n) is 10.1. The van der Waals surface area contributed by atoms with Gasteiger partial charge < -0.3 is 4.74 Å². The molecule has 0 atom stereocenters. The Balaban J connectivity index is 1.63. The lowest BCUT2D eigenvalue weighted by atomic mass is 10.1. The number of nitro benzene ring substituents is 1. The van der Waals surface area contributed by atoms with Gasteiger partial charge in [0, 0.05) is 35.0 Å². The fourth-order valence-electron chi connectivity index (χ4n) is 3.46. The topological polar surface area (TPSA) is 99.6 Å². The van der Waals surface area contributed by atoms with E-state index in [-0.39, 0.29) is 17.3 Å². The Morgan fingerprint density at radius 1 is 0.909 bits per heavy atom. The lowest BCUT2D eigenvalue weighted by Crippen LogP contribution is -2.04. The molecule has 0 unspecified atom stereocenters. The maximum atomic E-state index is 12.5. The van der Waals surface area contributed by atoms with Gasteiger partial charge in [-0.2, -0.15) is 5.10 Å². The number of carbonyl (C=O) groups excluding carboxylic acids is 1. The number of carbonyl (C=O) groups is 1. The van der Waals surface area contributed by atoms with Crippen molar-refractivity contribution in [1.82, 2.24) is 9.78 Å². The van der Waals surface area contributed by atoms with Crippen LogP contribution in [0, 0.1) is 10.1 Å². The van der Waals surface area contributed by atoms with Gasteiger partial charge in [-0.25, -0.2) is 14.5 Å². The van der Waals surface area contributed by atoms with E-state index >= 15 is 0 Å². The van der Waals surface area contributed by atoms with Crippen LogP contribution < -0.4 is 0 Å². The number of aliphatic imine (C=N–C) groups is 1. The van der Waals surface area contributed by atoms with Gasteiger partial charge in [-0.05, 0) is 30.3 Å². The molecule has 0 aliphatic carbocycles. The zero-order chi connectivity index (χ0) is 22.8. The van der Waals surface area contributed by atoms with Gasteiger partial charge in [-0.15, -0.1) is 0 Å². The van der Waals surface area contributed by atoms with Crippen LogP contribution in [-0.4, -0.2) is 26.6 Å². The lowest BCUT2D eigenvalue weighted by Gasteiger charge is -2.01. The molecule has 0 N–H and O–H groups in total. The van der Waals surface area contributed by atoms with Gasteiger partial charge in [0.1, 0.15) is 5.69 Å². The fourth-order valence-corrected chi connectivity index (χ4v) is 3.46. The van der Waals surface area contributed by atoms with E-state index < -0.39 is 10.9 Å². The number of esters is 1. The minimum atomic E-state index is -0.577. The number of ether oxygens (including phenoxy) is 1. The molecule has 1 aliphatic rings. The average Bonchev–Trinajstić information content (AvgIpc) is 3.44. The Bertz CT molecular complexity index is 1420. The molecule has 160 valence electrons. The molecule has 1 aromatic heterocycles. The van der Waals surface area contributed by atoms with E-state index in [1.165, 1.54) is 12.1 Å². The minimum absolute atomic E-state index is 0.0509. The van der Waals surface area contributed by atoms with Gasteiger partial charge in [-0.1, -0.05) is 48.5 Å². The van der Waals surface area contributed by atoms with Crippen LogP contribution in [0.15, 0.2) is 102 Å². The number of cyclic esters (lactones) is 1. The summed E-state index contributed by atoms with van der Waals surface area (Å²) in [6, 6.07) is 24.8. The average molecular weight is 436 g/mol. The van der Waals surface area contributed by atoms with Crippen LogP contribution in [0.1, 0.15) is 11.1 Å². The van der Waals surface area contributed by atoms with Crippen LogP contribution in [0.4, 0.5) is 5.69 Å². The standard InChI is InChI=1S/C25H16N4O4/c30-25-22(26-24(33-25)17-8-3-1-4-9-17)15-19-16-28(20-11-5-2-6-12-20)27-23(19)18-10-7-13-21(14-18)29(31)32/h1-16H. The number of hydrogen-bond donors (Lipinski definition) is 0. The summed E-state index contributed by atoms with van der Waals surface area (Å²) in [5, 5.41) is 15.9. The van der Waals surface area contributed by atoms with E-state index in [4.69, 9.17) is 4.74 Å². The smallest absolute Gasteiger partial charge is 0.363 e. The van der Waals surface area contributed by atoms with Crippen molar-refractivity contribution < 1.29 is 14.5 Å². The molecule has 8 nitrogen and oxygen atoms in total.